The molecule has 0 fully saturated rings. The molecule has 1 unspecified atom stereocenters. The number of amides is 2. The summed E-state index contributed by atoms with van der Waals surface area (Å²) in [7, 11) is 0. The highest BCUT2D eigenvalue weighted by Crippen LogP contribution is 2.07. The van der Waals surface area contributed by atoms with E-state index in [1.54, 1.807) is 20.8 Å². The van der Waals surface area contributed by atoms with Gasteiger partial charge in [-0.1, -0.05) is 0 Å². The monoisotopic (exact) mass is 234 g/mol. The molecule has 0 aromatic carbocycles. The maximum Gasteiger partial charge on any atom is 0.407 e. The van der Waals surface area contributed by atoms with Crippen LogP contribution in [0.25, 0.3) is 0 Å². The van der Waals surface area contributed by atoms with Crippen LogP contribution < -0.4 is 11.1 Å². The van der Waals surface area contributed by atoms with Crippen molar-refractivity contribution in [2.75, 3.05) is 6.61 Å². The Hall–Kier alpha value is -1.34. The Morgan fingerprint density at radius 1 is 1.44 bits per heavy atom. The lowest BCUT2D eigenvalue weighted by molar-refractivity contribution is -0.246. The molecule has 94 valence electrons. The van der Waals surface area contributed by atoms with E-state index >= 15 is 0 Å². The average molecular weight is 234 g/mol. The fourth-order valence-corrected chi connectivity index (χ4v) is 0.959. The molecule has 0 radical (unpaired) electrons. The van der Waals surface area contributed by atoms with Gasteiger partial charge in [-0.25, -0.2) is 9.68 Å². The number of primary amides is 1. The number of rotatable bonds is 5. The highest BCUT2D eigenvalue weighted by atomic mass is 17.1. The van der Waals surface area contributed by atoms with Gasteiger partial charge in [0, 0.05) is 6.42 Å². The van der Waals surface area contributed by atoms with Gasteiger partial charge in [0.2, 0.25) is 5.91 Å². The zero-order chi connectivity index (χ0) is 12.8. The minimum atomic E-state index is -0.711. The molecule has 1 atom stereocenters. The van der Waals surface area contributed by atoms with Crippen molar-refractivity contribution >= 4 is 12.0 Å². The van der Waals surface area contributed by atoms with Crippen molar-refractivity contribution in [2.45, 2.75) is 38.8 Å². The molecular formula is C9H18N2O5. The maximum absolute atomic E-state index is 11.3. The maximum atomic E-state index is 11.3. The molecule has 7 nitrogen and oxygen atoms in total. The number of ether oxygens (including phenoxy) is 1. The van der Waals surface area contributed by atoms with Crippen LogP contribution in [0, 0.1) is 0 Å². The number of nitrogens with two attached hydrogens (primary N) is 1. The van der Waals surface area contributed by atoms with Crippen molar-refractivity contribution in [3.63, 3.8) is 0 Å². The normalized spacial score (nSPS) is 13.0. The van der Waals surface area contributed by atoms with E-state index in [2.05, 4.69) is 10.2 Å². The topological polar surface area (TPSA) is 111 Å². The van der Waals surface area contributed by atoms with E-state index in [1.165, 1.54) is 0 Å². The van der Waals surface area contributed by atoms with Crippen LogP contribution in [0.1, 0.15) is 27.2 Å². The molecule has 0 saturated carbocycles. The lowest BCUT2D eigenvalue weighted by atomic mass is 10.2. The first-order chi connectivity index (χ1) is 7.24. The van der Waals surface area contributed by atoms with Gasteiger partial charge in [0.05, 0.1) is 6.04 Å². The second kappa shape index (κ2) is 6.29. The van der Waals surface area contributed by atoms with Gasteiger partial charge in [-0.05, 0) is 20.8 Å². The van der Waals surface area contributed by atoms with Crippen molar-refractivity contribution in [1.82, 2.24) is 5.32 Å². The van der Waals surface area contributed by atoms with Crippen LogP contribution >= 0.6 is 0 Å². The number of nitrogens with one attached hydrogen (secondary N) is 1. The van der Waals surface area contributed by atoms with E-state index in [0.717, 1.165) is 0 Å². The first kappa shape index (κ1) is 14.7. The van der Waals surface area contributed by atoms with Crippen LogP contribution in [0.4, 0.5) is 4.79 Å². The highest BCUT2D eigenvalue weighted by molar-refractivity contribution is 5.76. The first-order valence-electron chi connectivity index (χ1n) is 4.79. The predicted octanol–water partition coefficient (Wildman–Crippen LogP) is 0.245. The second-order valence-electron chi connectivity index (χ2n) is 4.31. The van der Waals surface area contributed by atoms with Gasteiger partial charge < -0.3 is 15.8 Å². The molecule has 0 aromatic heterocycles. The summed E-state index contributed by atoms with van der Waals surface area (Å²) in [5.41, 5.74) is 4.32. The first-order valence-corrected chi connectivity index (χ1v) is 4.79. The van der Waals surface area contributed by atoms with Crippen molar-refractivity contribution in [1.29, 1.82) is 0 Å². The fraction of sp³-hybridized carbons (Fsp3) is 0.778. The van der Waals surface area contributed by atoms with Gasteiger partial charge in [0.15, 0.2) is 0 Å². The lowest BCUT2D eigenvalue weighted by Gasteiger charge is -2.22. The average Bonchev–Trinajstić information content (AvgIpc) is 1.98. The largest absolute Gasteiger partial charge is 0.444 e. The molecule has 0 spiro atoms. The molecule has 0 aromatic rings. The van der Waals surface area contributed by atoms with Crippen LogP contribution in [0.3, 0.4) is 0 Å². The number of hydrogen-bond donors (Lipinski definition) is 3. The molecule has 7 heteroatoms. The molecule has 0 aliphatic carbocycles. The summed E-state index contributed by atoms with van der Waals surface area (Å²) in [5.74, 6) is -0.613. The molecule has 0 rings (SSSR count). The van der Waals surface area contributed by atoms with E-state index < -0.39 is 23.6 Å². The molecule has 2 amide bonds. The fourth-order valence-electron chi connectivity index (χ4n) is 0.959. The van der Waals surface area contributed by atoms with Gasteiger partial charge in [-0.3, -0.25) is 10.1 Å². The Kier molecular flexibility index (Phi) is 5.76. The zero-order valence-corrected chi connectivity index (χ0v) is 9.65. The van der Waals surface area contributed by atoms with E-state index in [4.69, 9.17) is 15.7 Å². The summed E-state index contributed by atoms with van der Waals surface area (Å²) in [6.45, 7) is 4.89. The summed E-state index contributed by atoms with van der Waals surface area (Å²) >= 11 is 0. The van der Waals surface area contributed by atoms with Gasteiger partial charge >= 0.3 is 6.09 Å². The summed E-state index contributed by atoms with van der Waals surface area (Å²) in [5, 5.41) is 10.6. The highest BCUT2D eigenvalue weighted by Gasteiger charge is 2.20. The van der Waals surface area contributed by atoms with Crippen LogP contribution in [0.5, 0.6) is 0 Å². The zero-order valence-electron chi connectivity index (χ0n) is 9.65. The third-order valence-electron chi connectivity index (χ3n) is 1.44. The molecular weight excluding hydrogens is 216 g/mol. The summed E-state index contributed by atoms with van der Waals surface area (Å²) in [6.07, 6.45) is -0.837. The smallest absolute Gasteiger partial charge is 0.407 e. The summed E-state index contributed by atoms with van der Waals surface area (Å²) in [4.78, 5) is 25.8. The molecule has 16 heavy (non-hydrogen) atoms. The Labute approximate surface area is 93.8 Å². The van der Waals surface area contributed by atoms with E-state index in [9.17, 15) is 9.59 Å². The molecule has 0 heterocycles. The van der Waals surface area contributed by atoms with E-state index in [1.807, 2.05) is 0 Å². The minimum Gasteiger partial charge on any atom is -0.444 e. The van der Waals surface area contributed by atoms with E-state index in [0.29, 0.717) is 0 Å². The van der Waals surface area contributed by atoms with Crippen molar-refractivity contribution < 1.29 is 24.5 Å². The Bertz CT molecular complexity index is 249. The molecule has 0 aliphatic heterocycles. The van der Waals surface area contributed by atoms with Crippen LogP contribution in [0.2, 0.25) is 0 Å². The predicted molar refractivity (Wildman–Crippen MR) is 55.5 cm³/mol. The third kappa shape index (κ3) is 8.01. The lowest BCUT2D eigenvalue weighted by Crippen LogP contribution is -2.43. The van der Waals surface area contributed by atoms with Gasteiger partial charge in [0.25, 0.3) is 0 Å². The van der Waals surface area contributed by atoms with Gasteiger partial charge in [0.1, 0.15) is 12.2 Å². The second-order valence-corrected chi connectivity index (χ2v) is 4.31. The van der Waals surface area contributed by atoms with Crippen LogP contribution in [0.15, 0.2) is 0 Å². The van der Waals surface area contributed by atoms with Crippen LogP contribution in [-0.2, 0) is 14.4 Å². The summed E-state index contributed by atoms with van der Waals surface area (Å²) < 4.78 is 4.96. The quantitative estimate of drug-likeness (QED) is 0.466. The number of carbonyl (C=O) groups excluding carboxylic acids is 2. The van der Waals surface area contributed by atoms with Crippen LogP contribution in [-0.4, -0.2) is 35.5 Å². The van der Waals surface area contributed by atoms with E-state index in [-0.39, 0.29) is 13.0 Å². The Morgan fingerprint density at radius 3 is 2.38 bits per heavy atom. The number of hydrogen-bond acceptors (Lipinski definition) is 5. The van der Waals surface area contributed by atoms with Gasteiger partial charge in [-0.15, -0.1) is 0 Å². The van der Waals surface area contributed by atoms with Gasteiger partial charge in [-0.2, -0.15) is 0 Å². The minimum absolute atomic E-state index is 0.139. The number of alkyl carbamates (subject to hydrolysis) is 1. The van der Waals surface area contributed by atoms with Crippen molar-refractivity contribution in [3.8, 4) is 0 Å². The van der Waals surface area contributed by atoms with Crippen molar-refractivity contribution in [2.24, 2.45) is 5.73 Å². The Balaban J connectivity index is 4.17. The SMILES string of the molecule is CC(C)(C)OC(=O)NC(COO)CC(N)=O. The Morgan fingerprint density at radius 2 is 2.00 bits per heavy atom. The van der Waals surface area contributed by atoms with Crippen molar-refractivity contribution in [3.05, 3.63) is 0 Å². The molecule has 0 saturated heterocycles. The molecule has 0 aliphatic rings. The molecule has 4 N–H and O–H groups in total. The number of carbonyl (C=O) groups is 2. The third-order valence-corrected chi connectivity index (χ3v) is 1.44. The standard InChI is InChI=1S/C9H18N2O5/c1-9(2,3)16-8(13)11-6(5-15-14)4-7(10)12/h6,14H,4-5H2,1-3H3,(H2,10,12)(H,11,13). The summed E-state index contributed by atoms with van der Waals surface area (Å²) in [6, 6.07) is -0.711. The molecule has 0 bridgehead atoms.